The van der Waals surface area contributed by atoms with Crippen LogP contribution in [0.15, 0.2) is 0 Å². The first kappa shape index (κ1) is 14.0. The molecule has 1 aliphatic carbocycles. The van der Waals surface area contributed by atoms with Crippen LogP contribution in [0.1, 0.15) is 43.5 Å². The predicted molar refractivity (Wildman–Crippen MR) is 86.8 cm³/mol. The van der Waals surface area contributed by atoms with Gasteiger partial charge in [0.2, 0.25) is 0 Å². The van der Waals surface area contributed by atoms with Crippen LogP contribution in [0.25, 0.3) is 0 Å². The first-order valence-electron chi connectivity index (χ1n) is 7.72. The zero-order valence-electron chi connectivity index (χ0n) is 12.4. The van der Waals surface area contributed by atoms with Crippen molar-refractivity contribution in [2.75, 3.05) is 35.2 Å². The number of nitrogens with zero attached hydrogens (tertiary/aromatic N) is 2. The van der Waals surface area contributed by atoms with Gasteiger partial charge < -0.3 is 10.6 Å². The molecule has 1 saturated heterocycles. The molecule has 3 rings (SSSR count). The summed E-state index contributed by atoms with van der Waals surface area (Å²) in [5, 5.41) is 6.94. The fourth-order valence-corrected chi connectivity index (χ4v) is 3.84. The topological polar surface area (TPSA) is 49.8 Å². The number of hydrogen-bond donors (Lipinski definition) is 2. The number of nitrogens with one attached hydrogen (secondary N) is 2. The lowest BCUT2D eigenvalue weighted by Gasteiger charge is -2.16. The van der Waals surface area contributed by atoms with E-state index < -0.39 is 0 Å². The molecule has 4 nitrogen and oxygen atoms in total. The minimum Gasteiger partial charge on any atom is -0.370 e. The molecule has 110 valence electrons. The van der Waals surface area contributed by atoms with Gasteiger partial charge in [-0.3, -0.25) is 0 Å². The van der Waals surface area contributed by atoms with E-state index in [1.54, 1.807) is 0 Å². The second-order valence-corrected chi connectivity index (χ2v) is 6.97. The van der Waals surface area contributed by atoms with E-state index in [0.717, 1.165) is 42.0 Å². The van der Waals surface area contributed by atoms with Gasteiger partial charge in [0.1, 0.15) is 17.5 Å². The lowest BCUT2D eigenvalue weighted by Crippen LogP contribution is -2.17. The maximum atomic E-state index is 4.77. The van der Waals surface area contributed by atoms with Crippen LogP contribution in [0.2, 0.25) is 0 Å². The Labute approximate surface area is 125 Å². The van der Waals surface area contributed by atoms with Gasteiger partial charge in [0, 0.05) is 24.6 Å². The van der Waals surface area contributed by atoms with E-state index >= 15 is 0 Å². The van der Waals surface area contributed by atoms with Crippen molar-refractivity contribution in [3.05, 3.63) is 11.4 Å². The van der Waals surface area contributed by atoms with Gasteiger partial charge in [-0.2, -0.15) is 11.8 Å². The van der Waals surface area contributed by atoms with Crippen molar-refractivity contribution < 1.29 is 0 Å². The van der Waals surface area contributed by atoms with E-state index in [4.69, 9.17) is 9.97 Å². The van der Waals surface area contributed by atoms with E-state index in [-0.39, 0.29) is 0 Å². The number of aromatic nitrogens is 2. The molecule has 5 heteroatoms. The van der Waals surface area contributed by atoms with Crippen molar-refractivity contribution in [2.45, 2.75) is 39.0 Å². The van der Waals surface area contributed by atoms with Crippen LogP contribution in [0.3, 0.4) is 0 Å². The molecule has 1 atom stereocenters. The second kappa shape index (κ2) is 6.20. The normalized spacial score (nSPS) is 22.0. The Balaban J connectivity index is 1.76. The molecular formula is C15H24N4S. The molecular weight excluding hydrogens is 268 g/mol. The molecule has 2 fully saturated rings. The minimum atomic E-state index is 0.593. The summed E-state index contributed by atoms with van der Waals surface area (Å²) < 4.78 is 0. The van der Waals surface area contributed by atoms with Gasteiger partial charge in [-0.25, -0.2) is 9.97 Å². The molecule has 1 saturated carbocycles. The number of anilines is 2. The maximum absolute atomic E-state index is 4.77. The lowest BCUT2D eigenvalue weighted by molar-refractivity contribution is 0.629. The Morgan fingerprint density at radius 3 is 2.50 bits per heavy atom. The largest absolute Gasteiger partial charge is 0.370 e. The van der Waals surface area contributed by atoms with E-state index in [1.807, 2.05) is 0 Å². The standard InChI is InChI=1S/C15H24N4S/c1-3-16-13-10(2)14(17-8-11-6-7-20-9-11)19-15(18-13)12-4-5-12/h11-12H,3-9H2,1-2H3,(H2,16,17,18,19). The first-order valence-corrected chi connectivity index (χ1v) is 8.87. The van der Waals surface area contributed by atoms with Crippen LogP contribution in [0.5, 0.6) is 0 Å². The third-order valence-corrected chi connectivity index (χ3v) is 5.26. The van der Waals surface area contributed by atoms with Crippen LogP contribution < -0.4 is 10.6 Å². The molecule has 0 aromatic carbocycles. The molecule has 1 aromatic heterocycles. The molecule has 2 aliphatic rings. The highest BCUT2D eigenvalue weighted by molar-refractivity contribution is 7.99. The van der Waals surface area contributed by atoms with Crippen molar-refractivity contribution in [3.63, 3.8) is 0 Å². The van der Waals surface area contributed by atoms with Crippen molar-refractivity contribution in [2.24, 2.45) is 5.92 Å². The van der Waals surface area contributed by atoms with Gasteiger partial charge in [-0.1, -0.05) is 0 Å². The molecule has 2 N–H and O–H groups in total. The van der Waals surface area contributed by atoms with E-state index in [1.165, 1.54) is 30.8 Å². The number of rotatable bonds is 6. The third-order valence-electron chi connectivity index (χ3n) is 4.03. The molecule has 1 unspecified atom stereocenters. The van der Waals surface area contributed by atoms with Gasteiger partial charge in [0.25, 0.3) is 0 Å². The van der Waals surface area contributed by atoms with Gasteiger partial charge in [0.15, 0.2) is 0 Å². The monoisotopic (exact) mass is 292 g/mol. The van der Waals surface area contributed by atoms with Gasteiger partial charge >= 0.3 is 0 Å². The van der Waals surface area contributed by atoms with Crippen molar-refractivity contribution in [1.82, 2.24) is 9.97 Å². The number of thioether (sulfide) groups is 1. The summed E-state index contributed by atoms with van der Waals surface area (Å²) >= 11 is 2.07. The lowest BCUT2D eigenvalue weighted by atomic mass is 10.1. The summed E-state index contributed by atoms with van der Waals surface area (Å²) in [4.78, 5) is 9.47. The Bertz CT molecular complexity index is 467. The highest BCUT2D eigenvalue weighted by Gasteiger charge is 2.28. The molecule has 0 bridgehead atoms. The Hall–Kier alpha value is -0.970. The van der Waals surface area contributed by atoms with Gasteiger partial charge in [-0.05, 0) is 50.5 Å². The van der Waals surface area contributed by atoms with Crippen LogP contribution in [0.4, 0.5) is 11.6 Å². The number of hydrogen-bond acceptors (Lipinski definition) is 5. The first-order chi connectivity index (χ1) is 9.78. The molecule has 0 amide bonds. The SMILES string of the molecule is CCNc1nc(C2CC2)nc(NCC2CCSC2)c1C. The van der Waals surface area contributed by atoms with Crippen LogP contribution in [0, 0.1) is 12.8 Å². The Morgan fingerprint density at radius 1 is 1.15 bits per heavy atom. The summed E-state index contributed by atoms with van der Waals surface area (Å²) in [5.41, 5.74) is 1.15. The van der Waals surface area contributed by atoms with Gasteiger partial charge in [0.05, 0.1) is 0 Å². The quantitative estimate of drug-likeness (QED) is 0.843. The van der Waals surface area contributed by atoms with Crippen LogP contribution in [-0.2, 0) is 0 Å². The third kappa shape index (κ3) is 3.19. The van der Waals surface area contributed by atoms with Crippen molar-refractivity contribution >= 4 is 23.4 Å². The molecule has 20 heavy (non-hydrogen) atoms. The summed E-state index contributed by atoms with van der Waals surface area (Å²) in [6.45, 7) is 6.17. The maximum Gasteiger partial charge on any atom is 0.136 e. The highest BCUT2D eigenvalue weighted by Crippen LogP contribution is 2.39. The van der Waals surface area contributed by atoms with E-state index in [0.29, 0.717) is 5.92 Å². The molecule has 0 radical (unpaired) electrons. The average molecular weight is 292 g/mol. The Kier molecular flexibility index (Phi) is 4.34. The second-order valence-electron chi connectivity index (χ2n) is 5.82. The van der Waals surface area contributed by atoms with Gasteiger partial charge in [-0.15, -0.1) is 0 Å². The summed E-state index contributed by atoms with van der Waals surface area (Å²) in [5.74, 6) is 7.05. The highest BCUT2D eigenvalue weighted by atomic mass is 32.2. The predicted octanol–water partition coefficient (Wildman–Crippen LogP) is 3.26. The summed E-state index contributed by atoms with van der Waals surface area (Å²) in [7, 11) is 0. The zero-order chi connectivity index (χ0) is 13.9. The minimum absolute atomic E-state index is 0.593. The van der Waals surface area contributed by atoms with E-state index in [9.17, 15) is 0 Å². The molecule has 1 aliphatic heterocycles. The fourth-order valence-electron chi connectivity index (χ4n) is 2.56. The summed E-state index contributed by atoms with van der Waals surface area (Å²) in [6, 6.07) is 0. The average Bonchev–Trinajstić information content (AvgIpc) is 3.17. The molecule has 2 heterocycles. The summed E-state index contributed by atoms with van der Waals surface area (Å²) in [6.07, 6.45) is 3.82. The fraction of sp³-hybridized carbons (Fsp3) is 0.733. The Morgan fingerprint density at radius 2 is 1.90 bits per heavy atom. The van der Waals surface area contributed by atoms with E-state index in [2.05, 4.69) is 36.2 Å². The smallest absolute Gasteiger partial charge is 0.136 e. The van der Waals surface area contributed by atoms with Crippen LogP contribution in [-0.4, -0.2) is 34.6 Å². The molecule has 0 spiro atoms. The van der Waals surface area contributed by atoms with Crippen LogP contribution >= 0.6 is 11.8 Å². The van der Waals surface area contributed by atoms with Crippen molar-refractivity contribution in [3.8, 4) is 0 Å². The van der Waals surface area contributed by atoms with Crippen molar-refractivity contribution in [1.29, 1.82) is 0 Å². The molecule has 1 aromatic rings. The zero-order valence-corrected chi connectivity index (χ0v) is 13.2.